The minimum Gasteiger partial charge on any atom is -0.483 e. The van der Waals surface area contributed by atoms with Gasteiger partial charge < -0.3 is 28.5 Å². The van der Waals surface area contributed by atoms with Crippen LogP contribution in [-0.2, 0) is 49.7 Å². The summed E-state index contributed by atoms with van der Waals surface area (Å²) in [6, 6.07) is 11.6. The van der Waals surface area contributed by atoms with Gasteiger partial charge in [0.2, 0.25) is 0 Å². The zero-order valence-corrected chi connectivity index (χ0v) is 26.0. The van der Waals surface area contributed by atoms with Crippen molar-refractivity contribution in [2.24, 2.45) is 0 Å². The lowest BCUT2D eigenvalue weighted by Gasteiger charge is -2.43. The van der Waals surface area contributed by atoms with Crippen LogP contribution >= 0.6 is 0 Å². The van der Waals surface area contributed by atoms with Crippen molar-refractivity contribution < 1.29 is 38.1 Å². The second kappa shape index (κ2) is 13.0. The summed E-state index contributed by atoms with van der Waals surface area (Å²) >= 11 is 0. The fourth-order valence-corrected chi connectivity index (χ4v) is 6.07. The van der Waals surface area contributed by atoms with E-state index in [0.717, 1.165) is 16.7 Å². The van der Waals surface area contributed by atoms with Crippen LogP contribution in [0.5, 0.6) is 5.75 Å². The van der Waals surface area contributed by atoms with Gasteiger partial charge in [0.25, 0.3) is 0 Å². The van der Waals surface area contributed by atoms with Gasteiger partial charge in [0.15, 0.2) is 12.2 Å². The van der Waals surface area contributed by atoms with Gasteiger partial charge in [0.1, 0.15) is 16.9 Å². The van der Waals surface area contributed by atoms with Crippen molar-refractivity contribution in [1.82, 2.24) is 0 Å². The minimum atomic E-state index is -1.14. The van der Waals surface area contributed by atoms with Crippen LogP contribution in [0.3, 0.4) is 0 Å². The Morgan fingerprint density at radius 2 is 1.64 bits per heavy atom. The van der Waals surface area contributed by atoms with Crippen LogP contribution in [0.15, 0.2) is 56.8 Å². The third-order valence-corrected chi connectivity index (χ3v) is 8.49. The van der Waals surface area contributed by atoms with E-state index in [1.165, 1.54) is 7.11 Å². The largest absolute Gasteiger partial charge is 0.483 e. The van der Waals surface area contributed by atoms with Gasteiger partial charge in [-0.1, -0.05) is 29.8 Å². The molecule has 6 rings (SSSR count). The molecular formula is C35H40O9. The third kappa shape index (κ3) is 6.30. The molecule has 1 aromatic heterocycles. The van der Waals surface area contributed by atoms with Crippen molar-refractivity contribution in [3.63, 3.8) is 0 Å². The van der Waals surface area contributed by atoms with Crippen LogP contribution in [0.4, 0.5) is 0 Å². The van der Waals surface area contributed by atoms with Crippen LogP contribution in [0, 0.1) is 0 Å². The van der Waals surface area contributed by atoms with E-state index in [4.69, 9.17) is 23.4 Å². The Bertz CT molecular complexity index is 1640. The van der Waals surface area contributed by atoms with Crippen molar-refractivity contribution in [3.05, 3.63) is 85.8 Å². The van der Waals surface area contributed by atoms with E-state index < -0.39 is 42.0 Å². The fourth-order valence-electron chi connectivity index (χ4n) is 6.07. The number of carbonyl (C=O) groups excluding carboxylic acids is 2. The van der Waals surface area contributed by atoms with Crippen LogP contribution in [0.2, 0.25) is 0 Å². The van der Waals surface area contributed by atoms with E-state index in [0.29, 0.717) is 53.5 Å². The number of hydrogen-bond donors (Lipinski definition) is 1. The number of carbonyl (C=O) groups is 2. The number of aliphatic hydroxyl groups excluding tert-OH is 1. The number of fused-ring (bicyclic) bond motifs is 13. The summed E-state index contributed by atoms with van der Waals surface area (Å²) in [5.74, 6) is -0.676. The van der Waals surface area contributed by atoms with Crippen LogP contribution in [0.1, 0.15) is 80.9 Å². The third-order valence-electron chi connectivity index (χ3n) is 8.49. The summed E-state index contributed by atoms with van der Waals surface area (Å²) in [6.45, 7) is 7.12. The summed E-state index contributed by atoms with van der Waals surface area (Å²) in [5.41, 5.74) is 2.91. The van der Waals surface area contributed by atoms with Crippen LogP contribution in [-0.4, -0.2) is 42.5 Å². The first-order chi connectivity index (χ1) is 21.0. The van der Waals surface area contributed by atoms with E-state index in [9.17, 15) is 19.5 Å². The average molecular weight is 605 g/mol. The van der Waals surface area contributed by atoms with Gasteiger partial charge in [0, 0.05) is 36.5 Å². The molecule has 3 aliphatic heterocycles. The summed E-state index contributed by atoms with van der Waals surface area (Å²) in [4.78, 5) is 40.4. The van der Waals surface area contributed by atoms with Gasteiger partial charge in [0.05, 0.1) is 18.8 Å². The second-order valence-electron chi connectivity index (χ2n) is 12.2. The molecule has 9 nitrogen and oxygen atoms in total. The molecule has 4 heterocycles. The highest BCUT2D eigenvalue weighted by molar-refractivity contribution is 5.90. The van der Waals surface area contributed by atoms with Gasteiger partial charge in [-0.15, -0.1) is 0 Å². The van der Waals surface area contributed by atoms with Gasteiger partial charge in [-0.05, 0) is 82.2 Å². The van der Waals surface area contributed by atoms with Crippen molar-refractivity contribution in [1.29, 1.82) is 0 Å². The smallest absolute Gasteiger partial charge is 0.339 e. The standard InChI is InChI=1S/C35H40O9/c1-20(2)23-14-13-22-11-9-21(10-12-22)7-6-8-28(37)41-31-29-27(44-35(3,4)32(31)43-33(23)38)16-15-24-26(19-36)25(17-18-40-5)34(39)42-30(24)29/h9-12,15-16,31-32,36H,6-8,13-14,17-19H2,1-5H3/t31-,32-/m0/s1. The second-order valence-corrected chi connectivity index (χ2v) is 12.2. The summed E-state index contributed by atoms with van der Waals surface area (Å²) in [5, 5.41) is 10.8. The topological polar surface area (TPSA) is 122 Å². The molecule has 0 amide bonds. The predicted molar refractivity (Wildman–Crippen MR) is 163 cm³/mol. The molecule has 234 valence electrons. The lowest BCUT2D eigenvalue weighted by Crippen LogP contribution is -2.52. The Labute approximate surface area is 256 Å². The van der Waals surface area contributed by atoms with Crippen molar-refractivity contribution in [3.8, 4) is 5.75 Å². The highest BCUT2D eigenvalue weighted by Crippen LogP contribution is 2.47. The molecule has 0 fully saturated rings. The Morgan fingerprint density at radius 1 is 0.932 bits per heavy atom. The first-order valence-electron chi connectivity index (χ1n) is 15.1. The van der Waals surface area contributed by atoms with Gasteiger partial charge in [-0.3, -0.25) is 4.79 Å². The molecular weight excluding hydrogens is 564 g/mol. The SMILES string of the molecule is COCCc1c(CO)c2ccc3c(c2oc1=O)[C@@H]1OC(=O)CCCc2ccc(cc2)CCC(=C(C)C)C(=O)O[C@@H]1C(C)(C)O3. The van der Waals surface area contributed by atoms with Gasteiger partial charge in [-0.2, -0.15) is 0 Å². The average Bonchev–Trinajstić information content (AvgIpc) is 2.97. The molecule has 2 bridgehead atoms. The number of benzene rings is 2. The van der Waals surface area contributed by atoms with E-state index in [2.05, 4.69) is 12.1 Å². The number of aliphatic hydroxyl groups is 1. The highest BCUT2D eigenvalue weighted by atomic mass is 16.6. The minimum absolute atomic E-state index is 0.114. The Hall–Kier alpha value is -3.95. The Morgan fingerprint density at radius 3 is 2.30 bits per heavy atom. The van der Waals surface area contributed by atoms with Crippen molar-refractivity contribution in [2.45, 2.75) is 90.6 Å². The monoisotopic (exact) mass is 604 g/mol. The van der Waals surface area contributed by atoms with Gasteiger partial charge >= 0.3 is 17.6 Å². The molecule has 9 heteroatoms. The molecule has 2 aromatic carbocycles. The van der Waals surface area contributed by atoms with E-state index >= 15 is 0 Å². The van der Waals surface area contributed by atoms with E-state index in [1.54, 1.807) is 26.0 Å². The first-order valence-corrected chi connectivity index (χ1v) is 15.1. The lowest BCUT2D eigenvalue weighted by molar-refractivity contribution is -0.188. The number of rotatable bonds is 4. The highest BCUT2D eigenvalue weighted by Gasteiger charge is 2.50. The number of ether oxygens (including phenoxy) is 4. The van der Waals surface area contributed by atoms with Gasteiger partial charge in [-0.25, -0.2) is 9.59 Å². The molecule has 1 N–H and O–H groups in total. The van der Waals surface area contributed by atoms with Crippen LogP contribution in [0.25, 0.3) is 11.0 Å². The molecule has 2 atom stereocenters. The van der Waals surface area contributed by atoms with E-state index in [-0.39, 0.29) is 30.6 Å². The number of allylic oxidation sites excluding steroid dienone is 1. The molecule has 0 unspecified atom stereocenters. The molecule has 0 radical (unpaired) electrons. The molecule has 0 spiro atoms. The van der Waals surface area contributed by atoms with Crippen LogP contribution < -0.4 is 10.4 Å². The Kier molecular flexibility index (Phi) is 9.27. The van der Waals surface area contributed by atoms with Crippen molar-refractivity contribution >= 4 is 22.9 Å². The maximum Gasteiger partial charge on any atom is 0.339 e. The lowest BCUT2D eigenvalue weighted by atomic mass is 9.86. The summed E-state index contributed by atoms with van der Waals surface area (Å²) in [7, 11) is 1.53. The first kappa shape index (κ1) is 31.5. The summed E-state index contributed by atoms with van der Waals surface area (Å²) < 4.78 is 29.8. The molecule has 0 aliphatic carbocycles. The maximum atomic E-state index is 13.8. The molecule has 44 heavy (non-hydrogen) atoms. The molecule has 0 saturated heterocycles. The fraction of sp³-hybridized carbons (Fsp3) is 0.457. The molecule has 3 aromatic rings. The number of hydrogen-bond acceptors (Lipinski definition) is 9. The molecule has 0 saturated carbocycles. The summed E-state index contributed by atoms with van der Waals surface area (Å²) in [6.07, 6.45) is 0.553. The zero-order valence-electron chi connectivity index (χ0n) is 26.0. The molecule has 3 aliphatic rings. The maximum absolute atomic E-state index is 13.8. The number of esters is 2. The quantitative estimate of drug-likeness (QED) is 0.235. The van der Waals surface area contributed by atoms with E-state index in [1.807, 2.05) is 26.0 Å². The Balaban J connectivity index is 1.66. The predicted octanol–water partition coefficient (Wildman–Crippen LogP) is 5.45. The number of methoxy groups -OCH3 is 1. The zero-order chi connectivity index (χ0) is 31.6. The normalized spacial score (nSPS) is 20.4. The van der Waals surface area contributed by atoms with Crippen molar-refractivity contribution in [2.75, 3.05) is 13.7 Å². The number of aryl methyl sites for hydroxylation is 2.